The molecule has 1 aromatic heterocycles. The standard InChI is InChI=1S/C19H19BrN4O2S/c20-15-6-8-16(9-7-15)27(25,26)23-19-17-10-11-24(13-18(17)21-22-19)12-14-4-2-1-3-5-14/h1-9H,10-13H2,(H2,21,22,23). The maximum Gasteiger partial charge on any atom is 0.263 e. The minimum Gasteiger partial charge on any atom is -0.293 e. The van der Waals surface area contributed by atoms with Crippen LogP contribution in [0.25, 0.3) is 0 Å². The van der Waals surface area contributed by atoms with Crippen molar-refractivity contribution in [1.29, 1.82) is 0 Å². The number of aromatic nitrogens is 2. The average Bonchev–Trinajstić information content (AvgIpc) is 3.04. The Morgan fingerprint density at radius 1 is 1.11 bits per heavy atom. The van der Waals surface area contributed by atoms with Crippen LogP contribution in [0.2, 0.25) is 0 Å². The summed E-state index contributed by atoms with van der Waals surface area (Å²) in [5.41, 5.74) is 3.17. The molecule has 8 heteroatoms. The first-order valence-corrected chi connectivity index (χ1v) is 10.9. The highest BCUT2D eigenvalue weighted by atomic mass is 79.9. The summed E-state index contributed by atoms with van der Waals surface area (Å²) >= 11 is 3.31. The zero-order chi connectivity index (χ0) is 18.9. The zero-order valence-electron chi connectivity index (χ0n) is 14.5. The van der Waals surface area contributed by atoms with Crippen molar-refractivity contribution in [2.45, 2.75) is 24.4 Å². The summed E-state index contributed by atoms with van der Waals surface area (Å²) in [7, 11) is -3.66. The molecule has 0 spiro atoms. The van der Waals surface area contributed by atoms with Crippen LogP contribution in [0.5, 0.6) is 0 Å². The number of nitrogens with zero attached hydrogens (tertiary/aromatic N) is 2. The average molecular weight is 447 g/mol. The van der Waals surface area contributed by atoms with Crippen LogP contribution in [-0.2, 0) is 29.5 Å². The van der Waals surface area contributed by atoms with Crippen molar-refractivity contribution in [3.8, 4) is 0 Å². The van der Waals surface area contributed by atoms with E-state index in [1.165, 1.54) is 5.56 Å². The molecule has 0 fully saturated rings. The number of aromatic amines is 1. The van der Waals surface area contributed by atoms with Crippen LogP contribution in [-0.4, -0.2) is 30.1 Å². The number of H-pyrrole nitrogens is 1. The molecule has 0 amide bonds. The zero-order valence-corrected chi connectivity index (χ0v) is 16.9. The molecule has 27 heavy (non-hydrogen) atoms. The van der Waals surface area contributed by atoms with Gasteiger partial charge in [-0.25, -0.2) is 8.42 Å². The minimum absolute atomic E-state index is 0.212. The molecule has 0 atom stereocenters. The van der Waals surface area contributed by atoms with Crippen LogP contribution < -0.4 is 4.72 Å². The highest BCUT2D eigenvalue weighted by Gasteiger charge is 2.25. The van der Waals surface area contributed by atoms with Gasteiger partial charge in [-0.2, -0.15) is 5.10 Å². The van der Waals surface area contributed by atoms with Gasteiger partial charge in [-0.1, -0.05) is 46.3 Å². The molecule has 0 aliphatic carbocycles. The topological polar surface area (TPSA) is 78.1 Å². The fourth-order valence-corrected chi connectivity index (χ4v) is 4.53. The third-order valence-electron chi connectivity index (χ3n) is 4.62. The number of hydrogen-bond acceptors (Lipinski definition) is 4. The quantitative estimate of drug-likeness (QED) is 0.628. The minimum atomic E-state index is -3.66. The van der Waals surface area contributed by atoms with Crippen molar-refractivity contribution in [2.75, 3.05) is 11.3 Å². The highest BCUT2D eigenvalue weighted by molar-refractivity contribution is 9.10. The molecule has 1 aliphatic heterocycles. The number of anilines is 1. The van der Waals surface area contributed by atoms with E-state index in [1.54, 1.807) is 24.3 Å². The molecule has 2 heterocycles. The lowest BCUT2D eigenvalue weighted by molar-refractivity contribution is 0.242. The van der Waals surface area contributed by atoms with E-state index in [1.807, 2.05) is 18.2 Å². The first-order chi connectivity index (χ1) is 13.0. The first-order valence-electron chi connectivity index (χ1n) is 8.62. The van der Waals surface area contributed by atoms with E-state index < -0.39 is 10.0 Å². The van der Waals surface area contributed by atoms with Crippen LogP contribution in [0.15, 0.2) is 64.0 Å². The number of rotatable bonds is 5. The van der Waals surface area contributed by atoms with Gasteiger partial charge in [0.25, 0.3) is 10.0 Å². The highest BCUT2D eigenvalue weighted by Crippen LogP contribution is 2.27. The lowest BCUT2D eigenvalue weighted by atomic mass is 10.1. The maximum absolute atomic E-state index is 12.6. The summed E-state index contributed by atoms with van der Waals surface area (Å²) in [6.45, 7) is 2.44. The molecule has 0 radical (unpaired) electrons. The van der Waals surface area contributed by atoms with Crippen molar-refractivity contribution >= 4 is 31.8 Å². The van der Waals surface area contributed by atoms with Gasteiger partial charge < -0.3 is 0 Å². The Labute approximate surface area is 166 Å². The second-order valence-electron chi connectivity index (χ2n) is 6.53. The number of fused-ring (bicyclic) bond motifs is 1. The Hall–Kier alpha value is -2.16. The van der Waals surface area contributed by atoms with Gasteiger partial charge in [0.15, 0.2) is 5.82 Å². The molecule has 0 saturated heterocycles. The predicted molar refractivity (Wildman–Crippen MR) is 108 cm³/mol. The van der Waals surface area contributed by atoms with Crippen molar-refractivity contribution in [2.24, 2.45) is 0 Å². The van der Waals surface area contributed by atoms with Gasteiger partial charge in [-0.3, -0.25) is 14.7 Å². The molecule has 1 aliphatic rings. The summed E-state index contributed by atoms with van der Waals surface area (Å²) < 4.78 is 28.7. The maximum atomic E-state index is 12.6. The summed E-state index contributed by atoms with van der Waals surface area (Å²) in [6, 6.07) is 16.8. The number of hydrogen-bond donors (Lipinski definition) is 2. The molecular weight excluding hydrogens is 428 g/mol. The molecule has 140 valence electrons. The Morgan fingerprint density at radius 2 is 1.85 bits per heavy atom. The van der Waals surface area contributed by atoms with Crippen LogP contribution >= 0.6 is 15.9 Å². The summed E-state index contributed by atoms with van der Waals surface area (Å²) in [4.78, 5) is 2.53. The Morgan fingerprint density at radius 3 is 2.59 bits per heavy atom. The lowest BCUT2D eigenvalue weighted by Gasteiger charge is -2.26. The van der Waals surface area contributed by atoms with E-state index in [-0.39, 0.29) is 4.90 Å². The number of sulfonamides is 1. The van der Waals surface area contributed by atoms with Gasteiger partial charge in [0.1, 0.15) is 0 Å². The van der Waals surface area contributed by atoms with E-state index in [4.69, 9.17) is 0 Å². The number of nitrogens with one attached hydrogen (secondary N) is 2. The fraction of sp³-hybridized carbons (Fsp3) is 0.211. The third-order valence-corrected chi connectivity index (χ3v) is 6.50. The first kappa shape index (κ1) is 18.2. The summed E-state index contributed by atoms with van der Waals surface area (Å²) in [6.07, 6.45) is 0.747. The molecule has 0 saturated carbocycles. The fourth-order valence-electron chi connectivity index (χ4n) is 3.23. The van der Waals surface area contributed by atoms with Gasteiger partial charge in [0.2, 0.25) is 0 Å². The van der Waals surface area contributed by atoms with Crippen LogP contribution in [0.1, 0.15) is 16.8 Å². The molecule has 0 unspecified atom stereocenters. The van der Waals surface area contributed by atoms with Gasteiger partial charge in [-0.15, -0.1) is 0 Å². The Kier molecular flexibility index (Phi) is 5.03. The SMILES string of the molecule is O=S(=O)(Nc1n[nH]c2c1CCN(Cc1ccccc1)C2)c1ccc(Br)cc1. The van der Waals surface area contributed by atoms with E-state index in [0.29, 0.717) is 5.82 Å². The molecule has 2 aromatic carbocycles. The molecule has 6 nitrogen and oxygen atoms in total. The summed E-state index contributed by atoms with van der Waals surface area (Å²) in [5, 5.41) is 7.22. The molecular formula is C19H19BrN4O2S. The van der Waals surface area contributed by atoms with Crippen molar-refractivity contribution in [3.63, 3.8) is 0 Å². The molecule has 4 rings (SSSR count). The van der Waals surface area contributed by atoms with Crippen molar-refractivity contribution in [3.05, 3.63) is 75.9 Å². The second-order valence-corrected chi connectivity index (χ2v) is 9.13. The van der Waals surface area contributed by atoms with E-state index in [2.05, 4.69) is 47.9 Å². The molecule has 0 bridgehead atoms. The van der Waals surface area contributed by atoms with Gasteiger partial charge in [0, 0.05) is 29.7 Å². The second kappa shape index (κ2) is 7.46. The smallest absolute Gasteiger partial charge is 0.263 e. The Balaban J connectivity index is 1.49. The number of benzene rings is 2. The van der Waals surface area contributed by atoms with Crippen molar-refractivity contribution < 1.29 is 8.42 Å². The number of halogens is 1. The van der Waals surface area contributed by atoms with Crippen LogP contribution in [0.3, 0.4) is 0 Å². The molecule has 3 aromatic rings. The molecule has 2 N–H and O–H groups in total. The van der Waals surface area contributed by atoms with Gasteiger partial charge in [0.05, 0.1) is 10.6 Å². The van der Waals surface area contributed by atoms with E-state index >= 15 is 0 Å². The van der Waals surface area contributed by atoms with Gasteiger partial charge in [-0.05, 0) is 36.2 Å². The lowest BCUT2D eigenvalue weighted by Crippen LogP contribution is -2.30. The third kappa shape index (κ3) is 4.07. The largest absolute Gasteiger partial charge is 0.293 e. The van der Waals surface area contributed by atoms with E-state index in [0.717, 1.165) is 41.8 Å². The van der Waals surface area contributed by atoms with E-state index in [9.17, 15) is 8.42 Å². The van der Waals surface area contributed by atoms with Crippen molar-refractivity contribution in [1.82, 2.24) is 15.1 Å². The summed E-state index contributed by atoms with van der Waals surface area (Å²) in [5.74, 6) is 0.396. The Bertz CT molecular complexity index is 1030. The van der Waals surface area contributed by atoms with Gasteiger partial charge >= 0.3 is 0 Å². The normalized spacial score (nSPS) is 14.7. The van der Waals surface area contributed by atoms with Crippen LogP contribution in [0, 0.1) is 0 Å². The predicted octanol–water partition coefficient (Wildman–Crippen LogP) is 3.53. The van der Waals surface area contributed by atoms with Crippen LogP contribution in [0.4, 0.5) is 5.82 Å². The monoisotopic (exact) mass is 446 g/mol.